The highest BCUT2D eigenvalue weighted by Gasteiger charge is 2.39. The van der Waals surface area contributed by atoms with Gasteiger partial charge in [0.2, 0.25) is 5.91 Å². The van der Waals surface area contributed by atoms with Crippen LogP contribution in [0.2, 0.25) is 0 Å². The first-order valence-electron chi connectivity index (χ1n) is 6.39. The zero-order valence-electron chi connectivity index (χ0n) is 11.1. The molecular formula is C13H26N2O. The quantitative estimate of drug-likeness (QED) is 0.750. The third kappa shape index (κ3) is 3.48. The van der Waals surface area contributed by atoms with Crippen LogP contribution in [0.1, 0.15) is 40.0 Å². The van der Waals surface area contributed by atoms with Crippen molar-refractivity contribution >= 4 is 5.91 Å². The second kappa shape index (κ2) is 5.67. The minimum absolute atomic E-state index is 0.191. The van der Waals surface area contributed by atoms with Crippen molar-refractivity contribution in [3.8, 4) is 0 Å². The van der Waals surface area contributed by atoms with Gasteiger partial charge in [0, 0.05) is 12.5 Å². The Labute approximate surface area is 99.4 Å². The van der Waals surface area contributed by atoms with Crippen LogP contribution in [0.3, 0.4) is 0 Å². The highest BCUT2D eigenvalue weighted by Crippen LogP contribution is 2.42. The van der Waals surface area contributed by atoms with Crippen LogP contribution in [0, 0.1) is 17.3 Å². The maximum absolute atomic E-state index is 12.0. The van der Waals surface area contributed by atoms with E-state index in [0.717, 1.165) is 19.5 Å². The summed E-state index contributed by atoms with van der Waals surface area (Å²) in [6.07, 6.45) is 3.42. The second-order valence-corrected chi connectivity index (χ2v) is 5.84. The third-order valence-corrected chi connectivity index (χ3v) is 3.75. The summed E-state index contributed by atoms with van der Waals surface area (Å²) in [4.78, 5) is 12.0. The molecule has 0 aromatic rings. The minimum atomic E-state index is 0.191. The zero-order chi connectivity index (χ0) is 12.2. The molecule has 0 aromatic carbocycles. The van der Waals surface area contributed by atoms with Crippen LogP contribution < -0.4 is 10.6 Å². The van der Waals surface area contributed by atoms with Gasteiger partial charge in [-0.3, -0.25) is 4.79 Å². The maximum atomic E-state index is 12.0. The van der Waals surface area contributed by atoms with Crippen LogP contribution in [0.4, 0.5) is 0 Å². The van der Waals surface area contributed by atoms with Crippen molar-refractivity contribution in [2.75, 3.05) is 20.1 Å². The van der Waals surface area contributed by atoms with Crippen LogP contribution in [0.5, 0.6) is 0 Å². The fourth-order valence-electron chi connectivity index (χ4n) is 2.63. The van der Waals surface area contributed by atoms with Crippen molar-refractivity contribution in [1.29, 1.82) is 0 Å². The van der Waals surface area contributed by atoms with E-state index >= 15 is 0 Å². The van der Waals surface area contributed by atoms with E-state index in [1.54, 1.807) is 0 Å². The number of carbonyl (C=O) groups excluding carboxylic acids is 1. The van der Waals surface area contributed by atoms with Gasteiger partial charge >= 0.3 is 0 Å². The SMILES string of the molecule is CNCC(C)CNC(=O)C1CCCC1(C)C. The van der Waals surface area contributed by atoms with Crippen LogP contribution in [-0.4, -0.2) is 26.0 Å². The molecule has 3 heteroatoms. The summed E-state index contributed by atoms with van der Waals surface area (Å²) in [5.41, 5.74) is 0.191. The minimum Gasteiger partial charge on any atom is -0.356 e. The molecule has 3 nitrogen and oxygen atoms in total. The van der Waals surface area contributed by atoms with Crippen molar-refractivity contribution in [2.45, 2.75) is 40.0 Å². The average Bonchev–Trinajstić information content (AvgIpc) is 2.55. The van der Waals surface area contributed by atoms with E-state index in [2.05, 4.69) is 31.4 Å². The molecule has 1 rings (SSSR count). The molecule has 2 unspecified atom stereocenters. The van der Waals surface area contributed by atoms with Crippen LogP contribution in [-0.2, 0) is 4.79 Å². The van der Waals surface area contributed by atoms with E-state index in [1.807, 2.05) is 7.05 Å². The van der Waals surface area contributed by atoms with Gasteiger partial charge in [0.1, 0.15) is 0 Å². The van der Waals surface area contributed by atoms with Gasteiger partial charge in [-0.15, -0.1) is 0 Å². The number of amides is 1. The fourth-order valence-corrected chi connectivity index (χ4v) is 2.63. The van der Waals surface area contributed by atoms with E-state index in [4.69, 9.17) is 0 Å². The Morgan fingerprint density at radius 1 is 1.44 bits per heavy atom. The molecule has 2 N–H and O–H groups in total. The smallest absolute Gasteiger partial charge is 0.223 e. The topological polar surface area (TPSA) is 41.1 Å². The summed E-state index contributed by atoms with van der Waals surface area (Å²) in [5.74, 6) is 0.971. The number of hydrogen-bond donors (Lipinski definition) is 2. The van der Waals surface area contributed by atoms with E-state index in [0.29, 0.717) is 5.92 Å². The second-order valence-electron chi connectivity index (χ2n) is 5.84. The van der Waals surface area contributed by atoms with Gasteiger partial charge in [0.05, 0.1) is 0 Å². The Hall–Kier alpha value is -0.570. The lowest BCUT2D eigenvalue weighted by atomic mass is 9.81. The monoisotopic (exact) mass is 226 g/mol. The molecule has 94 valence electrons. The van der Waals surface area contributed by atoms with E-state index in [1.165, 1.54) is 12.8 Å². The predicted molar refractivity (Wildman–Crippen MR) is 67.2 cm³/mol. The summed E-state index contributed by atoms with van der Waals surface area (Å²) in [7, 11) is 1.94. The first kappa shape index (κ1) is 13.5. The molecule has 0 bridgehead atoms. The molecule has 2 atom stereocenters. The first-order valence-corrected chi connectivity index (χ1v) is 6.39. The highest BCUT2D eigenvalue weighted by atomic mass is 16.1. The van der Waals surface area contributed by atoms with E-state index < -0.39 is 0 Å². The van der Waals surface area contributed by atoms with Crippen LogP contribution >= 0.6 is 0 Å². The van der Waals surface area contributed by atoms with Crippen LogP contribution in [0.25, 0.3) is 0 Å². The molecule has 0 spiro atoms. The summed E-state index contributed by atoms with van der Waals surface area (Å²) in [6, 6.07) is 0. The molecule has 0 aromatic heterocycles. The van der Waals surface area contributed by atoms with Gasteiger partial charge in [-0.25, -0.2) is 0 Å². The Bertz CT molecular complexity index is 238. The van der Waals surface area contributed by atoms with Gasteiger partial charge in [0.25, 0.3) is 0 Å². The van der Waals surface area contributed by atoms with Crippen molar-refractivity contribution < 1.29 is 4.79 Å². The normalized spacial score (nSPS) is 25.4. The average molecular weight is 226 g/mol. The van der Waals surface area contributed by atoms with Crippen molar-refractivity contribution in [2.24, 2.45) is 17.3 Å². The van der Waals surface area contributed by atoms with Gasteiger partial charge in [0.15, 0.2) is 0 Å². The van der Waals surface area contributed by atoms with Crippen LogP contribution in [0.15, 0.2) is 0 Å². The Balaban J connectivity index is 2.35. The molecule has 1 aliphatic rings. The maximum Gasteiger partial charge on any atom is 0.223 e. The summed E-state index contributed by atoms with van der Waals surface area (Å²) in [6.45, 7) is 8.31. The number of carbonyl (C=O) groups is 1. The van der Waals surface area contributed by atoms with Gasteiger partial charge < -0.3 is 10.6 Å². The summed E-state index contributed by atoms with van der Waals surface area (Å²) >= 11 is 0. The lowest BCUT2D eigenvalue weighted by molar-refractivity contribution is -0.127. The Morgan fingerprint density at radius 2 is 2.12 bits per heavy atom. The van der Waals surface area contributed by atoms with E-state index in [-0.39, 0.29) is 17.2 Å². The van der Waals surface area contributed by atoms with Gasteiger partial charge in [-0.05, 0) is 37.8 Å². The summed E-state index contributed by atoms with van der Waals surface area (Å²) < 4.78 is 0. The molecule has 0 saturated heterocycles. The zero-order valence-corrected chi connectivity index (χ0v) is 11.1. The Morgan fingerprint density at radius 3 is 2.62 bits per heavy atom. The molecule has 1 amide bonds. The number of nitrogens with one attached hydrogen (secondary N) is 2. The molecule has 1 saturated carbocycles. The number of hydrogen-bond acceptors (Lipinski definition) is 2. The largest absolute Gasteiger partial charge is 0.356 e. The predicted octanol–water partition coefficient (Wildman–Crippen LogP) is 1.78. The molecule has 0 radical (unpaired) electrons. The molecule has 1 fully saturated rings. The highest BCUT2D eigenvalue weighted by molar-refractivity contribution is 5.79. The molecule has 0 heterocycles. The number of rotatable bonds is 5. The fraction of sp³-hybridized carbons (Fsp3) is 0.923. The van der Waals surface area contributed by atoms with E-state index in [9.17, 15) is 4.79 Å². The third-order valence-electron chi connectivity index (χ3n) is 3.75. The molecule has 16 heavy (non-hydrogen) atoms. The van der Waals surface area contributed by atoms with Gasteiger partial charge in [-0.2, -0.15) is 0 Å². The lowest BCUT2D eigenvalue weighted by Crippen LogP contribution is -2.39. The summed E-state index contributed by atoms with van der Waals surface area (Å²) in [5, 5.41) is 6.21. The lowest BCUT2D eigenvalue weighted by Gasteiger charge is -2.26. The van der Waals surface area contributed by atoms with Crippen molar-refractivity contribution in [1.82, 2.24) is 10.6 Å². The first-order chi connectivity index (χ1) is 7.47. The van der Waals surface area contributed by atoms with Crippen molar-refractivity contribution in [3.05, 3.63) is 0 Å². The molecular weight excluding hydrogens is 200 g/mol. The standard InChI is InChI=1S/C13H26N2O/c1-10(8-14-4)9-15-12(16)11-6-5-7-13(11,2)3/h10-11,14H,5-9H2,1-4H3,(H,15,16). The molecule has 0 aliphatic heterocycles. The molecule has 1 aliphatic carbocycles. The van der Waals surface area contributed by atoms with Crippen molar-refractivity contribution in [3.63, 3.8) is 0 Å². The Kier molecular flexibility index (Phi) is 4.78. The van der Waals surface area contributed by atoms with Gasteiger partial charge in [-0.1, -0.05) is 27.2 Å².